The molecule has 0 aliphatic rings. The van der Waals surface area contributed by atoms with Crippen LogP contribution in [0.1, 0.15) is 62.1 Å². The molecule has 7 nitrogen and oxygen atoms in total. The summed E-state index contributed by atoms with van der Waals surface area (Å²) in [4.78, 5) is 31.9. The number of rotatable bonds is 9. The molecule has 0 aliphatic heterocycles. The number of hydrogen-bond donors (Lipinski definition) is 0. The maximum atomic E-state index is 13.5. The summed E-state index contributed by atoms with van der Waals surface area (Å²) in [6.45, 7) is 16.0. The molecule has 0 fully saturated rings. The summed E-state index contributed by atoms with van der Waals surface area (Å²) in [7, 11) is -1.94. The Balaban J connectivity index is 1.41. The van der Waals surface area contributed by atoms with E-state index in [-0.39, 0.29) is 27.9 Å². The van der Waals surface area contributed by atoms with Crippen LogP contribution in [0, 0.1) is 0 Å². The standard InChI is InChI=1S/C35H39N5O2Si/c1-34(2,3)43(6,7)42-24-35(4,5)40-21-20-27-22-37-32(39-33(27)40)31(41)29-19-18-28(23-36-29)38-30(25-14-10-8-11-15-25)26-16-12-9-13-17-26/h8-23H,24H2,1-7H3. The second-order valence-electron chi connectivity index (χ2n) is 12.9. The summed E-state index contributed by atoms with van der Waals surface area (Å²) in [5.41, 5.74) is 4.05. The molecule has 5 aromatic rings. The number of carbonyl (C=O) groups is 1. The van der Waals surface area contributed by atoms with Gasteiger partial charge in [0, 0.05) is 28.9 Å². The van der Waals surface area contributed by atoms with E-state index in [0.29, 0.717) is 17.9 Å². The molecule has 0 saturated heterocycles. The highest BCUT2D eigenvalue weighted by atomic mass is 28.4. The molecule has 5 rings (SSSR count). The van der Waals surface area contributed by atoms with E-state index in [1.54, 1.807) is 24.5 Å². The van der Waals surface area contributed by atoms with Crippen LogP contribution in [-0.2, 0) is 9.96 Å². The fourth-order valence-corrected chi connectivity index (χ4v) is 5.62. The maximum Gasteiger partial charge on any atom is 0.248 e. The van der Waals surface area contributed by atoms with Crippen molar-refractivity contribution in [3.8, 4) is 0 Å². The van der Waals surface area contributed by atoms with E-state index in [0.717, 1.165) is 22.2 Å². The van der Waals surface area contributed by atoms with Crippen LogP contribution in [-0.4, -0.2) is 45.9 Å². The largest absolute Gasteiger partial charge is 0.414 e. The van der Waals surface area contributed by atoms with Gasteiger partial charge < -0.3 is 8.99 Å². The van der Waals surface area contributed by atoms with Crippen molar-refractivity contribution in [2.75, 3.05) is 6.61 Å². The van der Waals surface area contributed by atoms with E-state index in [1.165, 1.54) is 0 Å². The minimum absolute atomic E-state index is 0.103. The number of pyridine rings is 1. The Labute approximate surface area is 254 Å². The van der Waals surface area contributed by atoms with Gasteiger partial charge >= 0.3 is 0 Å². The lowest BCUT2D eigenvalue weighted by atomic mass is 10.0. The number of benzene rings is 2. The third-order valence-corrected chi connectivity index (χ3v) is 12.7. The monoisotopic (exact) mass is 589 g/mol. The normalized spacial score (nSPS) is 12.3. The van der Waals surface area contributed by atoms with Crippen molar-refractivity contribution in [2.24, 2.45) is 4.99 Å². The number of ketones is 1. The zero-order chi connectivity index (χ0) is 30.8. The number of aliphatic imine (C=N–C) groups is 1. The van der Waals surface area contributed by atoms with Gasteiger partial charge in [-0.2, -0.15) is 0 Å². The number of hydrogen-bond acceptors (Lipinski definition) is 6. The summed E-state index contributed by atoms with van der Waals surface area (Å²) in [5, 5.41) is 0.978. The molecule has 8 heteroatoms. The van der Waals surface area contributed by atoms with Crippen LogP contribution in [0.3, 0.4) is 0 Å². The van der Waals surface area contributed by atoms with Crippen molar-refractivity contribution in [2.45, 2.75) is 58.3 Å². The summed E-state index contributed by atoms with van der Waals surface area (Å²) in [6.07, 6.45) is 5.30. The quantitative estimate of drug-likeness (QED) is 0.0989. The fourth-order valence-electron chi connectivity index (χ4n) is 4.48. The van der Waals surface area contributed by atoms with Crippen LogP contribution in [0.4, 0.5) is 5.69 Å². The first kappa shape index (κ1) is 30.2. The molecule has 220 valence electrons. The average molecular weight is 590 g/mol. The Bertz CT molecular complexity index is 1710. The minimum atomic E-state index is -1.94. The van der Waals surface area contributed by atoms with Crippen molar-refractivity contribution in [1.82, 2.24) is 19.5 Å². The molecular weight excluding hydrogens is 551 g/mol. The van der Waals surface area contributed by atoms with E-state index in [2.05, 4.69) is 62.2 Å². The minimum Gasteiger partial charge on any atom is -0.414 e. The zero-order valence-corrected chi connectivity index (χ0v) is 27.0. The van der Waals surface area contributed by atoms with Gasteiger partial charge in [-0.1, -0.05) is 81.4 Å². The summed E-state index contributed by atoms with van der Waals surface area (Å²) < 4.78 is 8.64. The smallest absolute Gasteiger partial charge is 0.248 e. The molecular formula is C35H39N5O2Si. The summed E-state index contributed by atoms with van der Waals surface area (Å²) in [6, 6.07) is 25.5. The molecule has 0 spiro atoms. The van der Waals surface area contributed by atoms with Crippen molar-refractivity contribution < 1.29 is 9.22 Å². The highest BCUT2D eigenvalue weighted by Gasteiger charge is 2.39. The van der Waals surface area contributed by atoms with Crippen LogP contribution >= 0.6 is 0 Å². The highest BCUT2D eigenvalue weighted by Crippen LogP contribution is 2.37. The van der Waals surface area contributed by atoms with Gasteiger partial charge in [-0.15, -0.1) is 0 Å². The first-order valence-corrected chi connectivity index (χ1v) is 17.5. The zero-order valence-electron chi connectivity index (χ0n) is 26.0. The summed E-state index contributed by atoms with van der Waals surface area (Å²) >= 11 is 0. The molecule has 43 heavy (non-hydrogen) atoms. The Hall–Kier alpha value is -4.27. The second kappa shape index (κ2) is 11.8. The van der Waals surface area contributed by atoms with Gasteiger partial charge in [0.15, 0.2) is 8.32 Å². The van der Waals surface area contributed by atoms with Crippen LogP contribution in [0.2, 0.25) is 18.1 Å². The lowest BCUT2D eigenvalue weighted by Crippen LogP contribution is -2.45. The lowest BCUT2D eigenvalue weighted by Gasteiger charge is -2.39. The molecule has 0 aliphatic carbocycles. The van der Waals surface area contributed by atoms with Gasteiger partial charge in [-0.25, -0.2) is 15.0 Å². The maximum absolute atomic E-state index is 13.5. The Morgan fingerprint density at radius 2 is 1.47 bits per heavy atom. The highest BCUT2D eigenvalue weighted by molar-refractivity contribution is 6.74. The molecule has 3 heterocycles. The van der Waals surface area contributed by atoms with E-state index in [1.807, 2.05) is 72.9 Å². The van der Waals surface area contributed by atoms with Crippen molar-refractivity contribution >= 4 is 36.5 Å². The van der Waals surface area contributed by atoms with E-state index in [4.69, 9.17) is 14.4 Å². The molecule has 0 saturated carbocycles. The molecule has 2 aromatic carbocycles. The van der Waals surface area contributed by atoms with Crippen LogP contribution < -0.4 is 0 Å². The van der Waals surface area contributed by atoms with E-state index >= 15 is 0 Å². The van der Waals surface area contributed by atoms with Gasteiger partial charge in [-0.3, -0.25) is 9.78 Å². The average Bonchev–Trinajstić information content (AvgIpc) is 3.44. The SMILES string of the molecule is CC(C)(CO[Si](C)(C)C(C)(C)C)n1ccc2cnc(C(=O)c3ccc(N=C(c4ccccc4)c4ccccc4)cn3)nc21. The molecule has 0 radical (unpaired) electrons. The second-order valence-corrected chi connectivity index (χ2v) is 17.8. The molecule has 0 atom stereocenters. The van der Waals surface area contributed by atoms with Crippen molar-refractivity contribution in [1.29, 1.82) is 0 Å². The van der Waals surface area contributed by atoms with Crippen molar-refractivity contribution in [3.63, 3.8) is 0 Å². The first-order valence-electron chi connectivity index (χ1n) is 14.5. The van der Waals surface area contributed by atoms with Gasteiger partial charge in [-0.05, 0) is 50.2 Å². The molecule has 0 unspecified atom stereocenters. The van der Waals surface area contributed by atoms with Gasteiger partial charge in [0.2, 0.25) is 11.6 Å². The van der Waals surface area contributed by atoms with E-state index < -0.39 is 8.32 Å². The number of fused-ring (bicyclic) bond motifs is 1. The van der Waals surface area contributed by atoms with Gasteiger partial charge in [0.25, 0.3) is 0 Å². The van der Waals surface area contributed by atoms with Crippen molar-refractivity contribution in [3.05, 3.63) is 120 Å². The predicted octanol–water partition coefficient (Wildman–Crippen LogP) is 7.98. The Morgan fingerprint density at radius 1 is 0.837 bits per heavy atom. The van der Waals surface area contributed by atoms with Crippen LogP contribution in [0.15, 0.2) is 102 Å². The Kier molecular flexibility index (Phi) is 8.27. The number of aromatic nitrogens is 4. The molecule has 3 aromatic heterocycles. The number of nitrogens with zero attached hydrogens (tertiary/aromatic N) is 5. The topological polar surface area (TPSA) is 82.3 Å². The van der Waals surface area contributed by atoms with Gasteiger partial charge in [0.05, 0.1) is 29.7 Å². The lowest BCUT2D eigenvalue weighted by molar-refractivity contribution is 0.102. The third kappa shape index (κ3) is 6.55. The van der Waals surface area contributed by atoms with Crippen LogP contribution in [0.5, 0.6) is 0 Å². The fraction of sp³-hybridized carbons (Fsp3) is 0.286. The summed E-state index contributed by atoms with van der Waals surface area (Å²) in [5.74, 6) is -0.238. The third-order valence-electron chi connectivity index (χ3n) is 8.19. The Morgan fingerprint density at radius 3 is 2.02 bits per heavy atom. The first-order chi connectivity index (χ1) is 20.4. The van der Waals surface area contributed by atoms with Crippen LogP contribution in [0.25, 0.3) is 11.0 Å². The molecule has 0 amide bonds. The molecule has 0 bridgehead atoms. The molecule has 0 N–H and O–H groups in total. The van der Waals surface area contributed by atoms with Gasteiger partial charge in [0.1, 0.15) is 11.3 Å². The number of carbonyl (C=O) groups excluding carboxylic acids is 1. The van der Waals surface area contributed by atoms with E-state index in [9.17, 15) is 4.79 Å². The predicted molar refractivity (Wildman–Crippen MR) is 176 cm³/mol.